The van der Waals surface area contributed by atoms with E-state index < -0.39 is 82.0 Å². The first-order valence-electron chi connectivity index (χ1n) is 25.3. The number of phosphoric acid groups is 1. The fourth-order valence-electron chi connectivity index (χ4n) is 6.68. The van der Waals surface area contributed by atoms with Crippen molar-refractivity contribution in [3.63, 3.8) is 0 Å². The highest BCUT2D eigenvalue weighted by Gasteiger charge is 2.51. The molecule has 1 saturated carbocycles. The second kappa shape index (κ2) is 36.5. The van der Waals surface area contributed by atoms with E-state index in [-0.39, 0.29) is 19.3 Å². The van der Waals surface area contributed by atoms with E-state index in [1.807, 2.05) is 0 Å². The van der Waals surface area contributed by atoms with Crippen molar-refractivity contribution in [2.45, 2.75) is 230 Å². The number of ether oxygens (including phenoxy) is 2. The summed E-state index contributed by atoms with van der Waals surface area (Å²) >= 11 is 0. The smallest absolute Gasteiger partial charge is 0.462 e. The van der Waals surface area contributed by atoms with Gasteiger partial charge in [0.15, 0.2) is 6.08 Å². The van der Waals surface area contributed by atoms with Crippen molar-refractivity contribution in [2.75, 3.05) is 13.1 Å². The number of carbonyl (C=O) groups is 2. The Morgan fingerprint density at radius 1 is 0.583 bits per heavy atom. The first-order valence-corrected chi connectivity index (χ1v) is 24.3. The van der Waals surface area contributed by atoms with Gasteiger partial charge in [-0.2, -0.15) is 0 Å². The molecule has 0 radical (unpaired) electrons. The average molecular weight is 880 g/mol. The van der Waals surface area contributed by atoms with Crippen LogP contribution in [-0.4, -0.2) is 98.2 Å². The highest BCUT2D eigenvalue weighted by molar-refractivity contribution is 7.47. The number of aliphatic hydroxyl groups is 5. The van der Waals surface area contributed by atoms with E-state index in [0.717, 1.165) is 83.5 Å². The van der Waals surface area contributed by atoms with Gasteiger partial charge >= 0.3 is 19.8 Å². The number of hydrogen-bond acceptors (Lipinski definition) is 12. The van der Waals surface area contributed by atoms with Gasteiger partial charge in [0.05, 0.1) is 13.4 Å². The minimum atomic E-state index is -6.00. The zero-order valence-corrected chi connectivity index (χ0v) is 37.4. The van der Waals surface area contributed by atoms with Gasteiger partial charge in [-0.15, -0.1) is 0 Å². The summed E-state index contributed by atoms with van der Waals surface area (Å²) in [5, 5.41) is 50.4. The molecule has 6 N–H and O–H groups in total. The first kappa shape index (κ1) is 47.5. The van der Waals surface area contributed by atoms with Gasteiger partial charge in [-0.1, -0.05) is 166 Å². The predicted molar refractivity (Wildman–Crippen MR) is 235 cm³/mol. The van der Waals surface area contributed by atoms with Crippen LogP contribution in [0.4, 0.5) is 0 Å². The van der Waals surface area contributed by atoms with Gasteiger partial charge in [-0.25, -0.2) is 4.57 Å². The fourth-order valence-corrected chi connectivity index (χ4v) is 7.48. The zero-order chi connectivity index (χ0) is 48.8. The third-order valence-corrected chi connectivity index (χ3v) is 11.2. The summed E-state index contributed by atoms with van der Waals surface area (Å²) in [5.41, 5.74) is 0. The summed E-state index contributed by atoms with van der Waals surface area (Å²) < 4.78 is 75.0. The van der Waals surface area contributed by atoms with Crippen LogP contribution in [0.3, 0.4) is 0 Å². The third-order valence-electron chi connectivity index (χ3n) is 10.3. The van der Waals surface area contributed by atoms with Crippen LogP contribution in [0.25, 0.3) is 0 Å². The Morgan fingerprint density at radius 3 is 1.50 bits per heavy atom. The van der Waals surface area contributed by atoms with Crippen LogP contribution < -0.4 is 0 Å². The summed E-state index contributed by atoms with van der Waals surface area (Å²) in [6.07, 6.45) is 18.6. The van der Waals surface area contributed by atoms with Gasteiger partial charge in [-0.3, -0.25) is 18.6 Å². The Bertz CT molecular complexity index is 1420. The number of esters is 2. The molecule has 0 amide bonds. The van der Waals surface area contributed by atoms with Crippen LogP contribution in [0.2, 0.25) is 0 Å². The maximum absolute atomic E-state index is 13.1. The first-order chi connectivity index (χ1) is 30.8. The monoisotopic (exact) mass is 880 g/mol. The normalized spacial score (nSPS) is 24.7. The quantitative estimate of drug-likeness (QED) is 0.0148. The van der Waals surface area contributed by atoms with E-state index in [1.165, 1.54) is 51.4 Å². The highest BCUT2D eigenvalue weighted by atomic mass is 31.2. The molecule has 60 heavy (non-hydrogen) atoms. The van der Waals surface area contributed by atoms with Gasteiger partial charge in [0, 0.05) is 12.8 Å². The summed E-state index contributed by atoms with van der Waals surface area (Å²) in [7, 11) is -6.00. The number of rotatable bonds is 38. The topological polar surface area (TPSA) is 210 Å². The molecule has 14 heteroatoms. The molecular formula is C46H83O13P. The van der Waals surface area contributed by atoms with E-state index in [9.17, 15) is 44.6 Å². The molecule has 8 atom stereocenters. The summed E-state index contributed by atoms with van der Waals surface area (Å²) in [6.45, 7) is -3.68. The molecule has 1 rings (SSSR count). The van der Waals surface area contributed by atoms with Crippen molar-refractivity contribution in [3.05, 3.63) is 36.5 Å². The number of unbranched alkanes of at least 4 members (excludes halogenated alkanes) is 20. The van der Waals surface area contributed by atoms with Crippen LogP contribution in [-0.2, 0) is 32.7 Å². The molecule has 13 nitrogen and oxygen atoms in total. The number of allylic oxidation sites excluding steroid dienone is 6. The molecule has 0 aliphatic heterocycles. The lowest BCUT2D eigenvalue weighted by Gasteiger charge is -2.41. The van der Waals surface area contributed by atoms with Crippen molar-refractivity contribution < 1.29 is 70.0 Å². The second-order valence-electron chi connectivity index (χ2n) is 15.7. The van der Waals surface area contributed by atoms with Crippen LogP contribution >= 0.6 is 7.82 Å². The van der Waals surface area contributed by atoms with Gasteiger partial charge in [0.1, 0.15) is 43.2 Å². The Hall–Kier alpha value is -1.93. The molecule has 1 aliphatic carbocycles. The summed E-state index contributed by atoms with van der Waals surface area (Å²) in [6, 6.07) is 0. The fraction of sp³-hybridized carbons (Fsp3) is 0.826. The number of carbonyl (C=O) groups excluding carboxylic acids is 2. The van der Waals surface area contributed by atoms with E-state index in [0.29, 0.717) is 12.8 Å². The lowest BCUT2D eigenvalue weighted by molar-refractivity contribution is -0.220. The van der Waals surface area contributed by atoms with E-state index in [1.54, 1.807) is 0 Å². The Morgan fingerprint density at radius 2 is 1.00 bits per heavy atom. The molecule has 6 unspecified atom stereocenters. The average Bonchev–Trinajstić information content (AvgIpc) is 3.24. The van der Waals surface area contributed by atoms with Crippen molar-refractivity contribution in [3.8, 4) is 0 Å². The SMILES string of the molecule is [2H]C([2H])(OC(=O)CCCCCCCCCCCCCCCC)[C@@]([2H])(OC(=O)CCCCCCCCC/C=C\C/C=C\C/C=C\CC)C([2H])([2H])OP(=O)(O)OC1C(O)C(O)C(O)[C@@H](O)C1O. The zero-order valence-electron chi connectivity index (χ0n) is 41.5. The molecule has 0 bridgehead atoms. The standard InChI is InChI=1S/C46H83O13P/c1-3-5-7-9-11-13-15-17-19-20-21-23-25-27-29-31-33-35-40(48)58-38(37-57-60(54,55)59-46-44(52)42(50)41(49)43(51)45(46)53)36-56-39(47)34-32-30-28-26-24-22-18-16-14-12-10-8-6-4-2/h5,7,11,13,17,19,38,41-46,49-53H,3-4,6,8-10,12,14-16,18,20-37H2,1-2H3,(H,54,55)/b7-5-,13-11-,19-17-/t38-,41?,42-,43?,44?,45?,46?/m1/s1/i36D2,37D2,38D. The molecule has 0 aromatic carbocycles. The molecule has 350 valence electrons. The minimum Gasteiger partial charge on any atom is -0.462 e. The lowest BCUT2D eigenvalue weighted by Crippen LogP contribution is -2.64. The van der Waals surface area contributed by atoms with Crippen molar-refractivity contribution in [2.24, 2.45) is 0 Å². The van der Waals surface area contributed by atoms with E-state index >= 15 is 0 Å². The largest absolute Gasteiger partial charge is 0.472 e. The van der Waals surface area contributed by atoms with Crippen molar-refractivity contribution in [1.82, 2.24) is 0 Å². The van der Waals surface area contributed by atoms with Gasteiger partial charge in [0.25, 0.3) is 0 Å². The predicted octanol–water partition coefficient (Wildman–Crippen LogP) is 9.00. The molecule has 0 saturated heterocycles. The molecule has 0 aromatic rings. The number of hydrogen-bond donors (Lipinski definition) is 6. The Kier molecular flexibility index (Phi) is 29.0. The van der Waals surface area contributed by atoms with Crippen LogP contribution in [0.5, 0.6) is 0 Å². The van der Waals surface area contributed by atoms with Gasteiger partial charge in [0.2, 0.25) is 0 Å². The van der Waals surface area contributed by atoms with Gasteiger partial charge in [-0.05, 0) is 44.9 Å². The molecule has 1 aliphatic rings. The summed E-state index contributed by atoms with van der Waals surface area (Å²) in [5.74, 6) is -2.50. The van der Waals surface area contributed by atoms with E-state index in [4.69, 9.17) is 16.3 Å². The second-order valence-corrected chi connectivity index (χ2v) is 17.0. The van der Waals surface area contributed by atoms with Gasteiger partial charge < -0.3 is 39.9 Å². The maximum atomic E-state index is 13.1. The molecular weight excluding hydrogens is 791 g/mol. The van der Waals surface area contributed by atoms with Crippen molar-refractivity contribution >= 4 is 19.8 Å². The van der Waals surface area contributed by atoms with E-state index in [2.05, 4.69) is 59.4 Å². The highest BCUT2D eigenvalue weighted by Crippen LogP contribution is 2.47. The Balaban J connectivity index is 2.81. The minimum absolute atomic E-state index is 0.209. The molecule has 0 heterocycles. The third kappa shape index (κ3) is 28.6. The summed E-state index contributed by atoms with van der Waals surface area (Å²) in [4.78, 5) is 36.5. The molecule has 0 spiro atoms. The number of phosphoric ester groups is 1. The molecule has 1 fully saturated rings. The van der Waals surface area contributed by atoms with Crippen molar-refractivity contribution in [1.29, 1.82) is 0 Å². The number of aliphatic hydroxyl groups excluding tert-OH is 5. The molecule has 0 aromatic heterocycles. The Labute approximate surface area is 368 Å². The maximum Gasteiger partial charge on any atom is 0.472 e. The van der Waals surface area contributed by atoms with Crippen LogP contribution in [0, 0.1) is 0 Å². The van der Waals surface area contributed by atoms with Crippen LogP contribution in [0.15, 0.2) is 36.5 Å². The van der Waals surface area contributed by atoms with Crippen LogP contribution in [0.1, 0.15) is 194 Å². The lowest BCUT2D eigenvalue weighted by atomic mass is 9.85.